The van der Waals surface area contributed by atoms with Crippen molar-refractivity contribution in [2.24, 2.45) is 5.92 Å². The predicted octanol–water partition coefficient (Wildman–Crippen LogP) is 3.26. The van der Waals surface area contributed by atoms with Crippen molar-refractivity contribution in [1.29, 1.82) is 0 Å². The van der Waals surface area contributed by atoms with Crippen LogP contribution in [0.4, 0.5) is 4.79 Å². The number of esters is 1. The molecule has 0 bridgehead atoms. The van der Waals surface area contributed by atoms with Crippen molar-refractivity contribution in [3.8, 4) is 5.75 Å². The van der Waals surface area contributed by atoms with Gasteiger partial charge in [-0.2, -0.15) is 11.8 Å². The summed E-state index contributed by atoms with van der Waals surface area (Å²) in [6.07, 6.45) is 3.90. The molecule has 0 aliphatic carbocycles. The van der Waals surface area contributed by atoms with E-state index in [-0.39, 0.29) is 0 Å². The van der Waals surface area contributed by atoms with Crippen molar-refractivity contribution in [3.63, 3.8) is 0 Å². The predicted molar refractivity (Wildman–Crippen MR) is 103 cm³/mol. The summed E-state index contributed by atoms with van der Waals surface area (Å²) >= 11 is 1.60. The van der Waals surface area contributed by atoms with Crippen LogP contribution in [0.2, 0.25) is 0 Å². The summed E-state index contributed by atoms with van der Waals surface area (Å²) in [6.45, 7) is 6.85. The van der Waals surface area contributed by atoms with E-state index in [9.17, 15) is 9.59 Å². The van der Waals surface area contributed by atoms with E-state index in [1.807, 2.05) is 30.5 Å². The number of hydrogen-bond donors (Lipinski definition) is 2. The van der Waals surface area contributed by atoms with Gasteiger partial charge in [0.05, 0.1) is 12.6 Å². The lowest BCUT2D eigenvalue weighted by Crippen LogP contribution is -2.51. The molecule has 6 nitrogen and oxygen atoms in total. The summed E-state index contributed by atoms with van der Waals surface area (Å²) in [5.74, 6) is 0.241. The number of thioether (sulfide) groups is 1. The Balaban J connectivity index is 2.26. The first-order chi connectivity index (χ1) is 12.6. The van der Waals surface area contributed by atoms with Crippen molar-refractivity contribution < 1.29 is 19.1 Å². The lowest BCUT2D eigenvalue weighted by atomic mass is 9.88. The van der Waals surface area contributed by atoms with Crippen LogP contribution >= 0.6 is 11.8 Å². The second-order valence-electron chi connectivity index (χ2n) is 5.98. The smallest absolute Gasteiger partial charge is 0.319 e. The van der Waals surface area contributed by atoms with Gasteiger partial charge in [0.1, 0.15) is 18.3 Å². The van der Waals surface area contributed by atoms with Crippen LogP contribution in [0.5, 0.6) is 5.75 Å². The minimum absolute atomic E-state index is 0.319. The van der Waals surface area contributed by atoms with Crippen LogP contribution in [0.25, 0.3) is 0 Å². The standard InChI is InChI=1S/C19H26N2O4S/c1-4-5-10-24-15-9-7-6-8-14(15)17-16(13(2)20-19(23)21-17)18(22)25-11-12-26-3/h6-9,16-17H,2,4-5,10-12H2,1,3H3,(H2,20,21,23)/t16-,17+/m0/s1. The van der Waals surface area contributed by atoms with E-state index in [4.69, 9.17) is 9.47 Å². The number of ether oxygens (including phenoxy) is 2. The molecular weight excluding hydrogens is 352 g/mol. The molecule has 1 fully saturated rings. The fraction of sp³-hybridized carbons (Fsp3) is 0.474. The van der Waals surface area contributed by atoms with Gasteiger partial charge in [0.2, 0.25) is 0 Å². The molecule has 2 rings (SSSR count). The van der Waals surface area contributed by atoms with Gasteiger partial charge in [-0.15, -0.1) is 0 Å². The number of para-hydroxylation sites is 1. The van der Waals surface area contributed by atoms with Crippen molar-refractivity contribution in [2.45, 2.75) is 25.8 Å². The molecule has 1 aliphatic heterocycles. The molecule has 2 amide bonds. The first-order valence-electron chi connectivity index (χ1n) is 8.72. The van der Waals surface area contributed by atoms with Gasteiger partial charge in [-0.05, 0) is 18.7 Å². The van der Waals surface area contributed by atoms with E-state index >= 15 is 0 Å². The van der Waals surface area contributed by atoms with E-state index in [1.165, 1.54) is 0 Å². The number of rotatable bonds is 9. The molecule has 0 spiro atoms. The van der Waals surface area contributed by atoms with Crippen molar-refractivity contribution in [1.82, 2.24) is 10.6 Å². The summed E-state index contributed by atoms with van der Waals surface area (Å²) in [6, 6.07) is 6.45. The van der Waals surface area contributed by atoms with Gasteiger partial charge in [0.25, 0.3) is 0 Å². The Hall–Kier alpha value is -2.15. The van der Waals surface area contributed by atoms with Crippen LogP contribution in [0.1, 0.15) is 31.4 Å². The number of nitrogens with one attached hydrogen (secondary N) is 2. The molecule has 7 heteroatoms. The minimum Gasteiger partial charge on any atom is -0.493 e. The van der Waals surface area contributed by atoms with Gasteiger partial charge in [-0.25, -0.2) is 4.79 Å². The Bertz CT molecular complexity index is 650. The number of urea groups is 1. The fourth-order valence-corrected chi connectivity index (χ4v) is 2.98. The maximum absolute atomic E-state index is 12.6. The van der Waals surface area contributed by atoms with Crippen LogP contribution in [-0.2, 0) is 9.53 Å². The van der Waals surface area contributed by atoms with E-state index in [1.54, 1.807) is 11.8 Å². The highest BCUT2D eigenvalue weighted by Gasteiger charge is 2.40. The van der Waals surface area contributed by atoms with Gasteiger partial charge in [-0.1, -0.05) is 38.1 Å². The van der Waals surface area contributed by atoms with Crippen LogP contribution < -0.4 is 15.4 Å². The van der Waals surface area contributed by atoms with E-state index < -0.39 is 24.0 Å². The van der Waals surface area contributed by atoms with E-state index in [0.717, 1.165) is 18.4 Å². The largest absolute Gasteiger partial charge is 0.493 e. The van der Waals surface area contributed by atoms with Gasteiger partial charge >= 0.3 is 12.0 Å². The summed E-state index contributed by atoms with van der Waals surface area (Å²) in [5, 5.41) is 5.40. The number of carbonyl (C=O) groups excluding carboxylic acids is 2. The summed E-state index contributed by atoms with van der Waals surface area (Å²) in [5.41, 5.74) is 1.07. The lowest BCUT2D eigenvalue weighted by molar-refractivity contribution is -0.147. The quantitative estimate of drug-likeness (QED) is 0.509. The zero-order valence-corrected chi connectivity index (χ0v) is 16.1. The number of amides is 2. The highest BCUT2D eigenvalue weighted by molar-refractivity contribution is 7.98. The molecule has 2 atom stereocenters. The number of carbonyl (C=O) groups is 2. The Labute approximate surface area is 158 Å². The normalized spacial score (nSPS) is 19.5. The fourth-order valence-electron chi connectivity index (χ4n) is 2.73. The molecule has 0 aromatic heterocycles. The summed E-state index contributed by atoms with van der Waals surface area (Å²) in [7, 11) is 0. The first kappa shape index (κ1) is 20.2. The summed E-state index contributed by atoms with van der Waals surface area (Å²) in [4.78, 5) is 24.6. The molecule has 1 heterocycles. The maximum atomic E-state index is 12.6. The second-order valence-corrected chi connectivity index (χ2v) is 6.96. The zero-order chi connectivity index (χ0) is 18.9. The Morgan fingerprint density at radius 3 is 2.81 bits per heavy atom. The molecule has 1 aliphatic rings. The maximum Gasteiger partial charge on any atom is 0.319 e. The number of benzene rings is 1. The van der Waals surface area contributed by atoms with Crippen molar-refractivity contribution in [2.75, 3.05) is 25.2 Å². The SMILES string of the molecule is C=C1NC(=O)N[C@H](c2ccccc2OCCCC)[C@H]1C(=O)OCCSC. The Kier molecular flexibility index (Phi) is 7.84. The molecule has 0 unspecified atom stereocenters. The van der Waals surface area contributed by atoms with Crippen LogP contribution in [-0.4, -0.2) is 37.2 Å². The van der Waals surface area contributed by atoms with Crippen LogP contribution in [0.3, 0.4) is 0 Å². The molecule has 0 radical (unpaired) electrons. The third kappa shape index (κ3) is 5.17. The van der Waals surface area contributed by atoms with Crippen molar-refractivity contribution >= 4 is 23.8 Å². The van der Waals surface area contributed by atoms with Gasteiger partial charge in [-0.3, -0.25) is 4.79 Å². The monoisotopic (exact) mass is 378 g/mol. The Morgan fingerprint density at radius 1 is 1.31 bits per heavy atom. The van der Waals surface area contributed by atoms with E-state index in [0.29, 0.717) is 30.4 Å². The summed E-state index contributed by atoms with van der Waals surface area (Å²) < 4.78 is 11.2. The van der Waals surface area contributed by atoms with E-state index in [2.05, 4.69) is 24.1 Å². The van der Waals surface area contributed by atoms with Crippen LogP contribution in [0, 0.1) is 5.92 Å². The number of hydrogen-bond acceptors (Lipinski definition) is 5. The molecule has 1 saturated heterocycles. The molecule has 0 saturated carbocycles. The second kappa shape index (κ2) is 10.1. The van der Waals surface area contributed by atoms with Crippen LogP contribution in [0.15, 0.2) is 36.5 Å². The Morgan fingerprint density at radius 2 is 2.08 bits per heavy atom. The third-order valence-corrected chi connectivity index (χ3v) is 4.64. The zero-order valence-electron chi connectivity index (χ0n) is 15.2. The molecule has 2 N–H and O–H groups in total. The molecule has 142 valence electrons. The minimum atomic E-state index is -0.717. The molecule has 1 aromatic carbocycles. The average molecular weight is 378 g/mol. The van der Waals surface area contributed by atoms with Gasteiger partial charge < -0.3 is 20.1 Å². The lowest BCUT2D eigenvalue weighted by Gasteiger charge is -2.34. The molecular formula is C19H26N2O4S. The highest BCUT2D eigenvalue weighted by Crippen LogP contribution is 2.35. The highest BCUT2D eigenvalue weighted by atomic mass is 32.2. The third-order valence-electron chi connectivity index (χ3n) is 4.06. The molecule has 1 aromatic rings. The number of unbranched alkanes of at least 4 members (excludes halogenated alkanes) is 1. The molecule has 26 heavy (non-hydrogen) atoms. The van der Waals surface area contributed by atoms with Gasteiger partial charge in [0, 0.05) is 17.0 Å². The van der Waals surface area contributed by atoms with Crippen molar-refractivity contribution in [3.05, 3.63) is 42.1 Å². The topological polar surface area (TPSA) is 76.7 Å². The first-order valence-corrected chi connectivity index (χ1v) is 10.1. The van der Waals surface area contributed by atoms with Gasteiger partial charge in [0.15, 0.2) is 0 Å². The average Bonchev–Trinajstić information content (AvgIpc) is 2.62.